The number of aromatic nitrogens is 4. The molecule has 0 atom stereocenters. The van der Waals surface area contributed by atoms with Gasteiger partial charge in [-0.25, -0.2) is 4.98 Å². The number of H-pyrrole nitrogens is 2. The van der Waals surface area contributed by atoms with Crippen LogP contribution in [0.3, 0.4) is 0 Å². The molecular weight excluding hydrogens is 264 g/mol. The zero-order valence-electron chi connectivity index (χ0n) is 12.9. The minimum atomic E-state index is -0.0990. The average molecular weight is 288 g/mol. The van der Waals surface area contributed by atoms with Crippen LogP contribution in [-0.2, 0) is 6.42 Å². The van der Waals surface area contributed by atoms with Crippen molar-refractivity contribution in [3.8, 4) is 0 Å². The van der Waals surface area contributed by atoms with Crippen LogP contribution in [0.2, 0.25) is 0 Å². The molecule has 2 N–H and O–H groups in total. The van der Waals surface area contributed by atoms with Crippen LogP contribution in [0.5, 0.6) is 0 Å². The predicted molar refractivity (Wildman–Crippen MR) is 83.5 cm³/mol. The summed E-state index contributed by atoms with van der Waals surface area (Å²) in [6.07, 6.45) is 8.73. The van der Waals surface area contributed by atoms with E-state index in [9.17, 15) is 4.79 Å². The molecule has 21 heavy (non-hydrogen) atoms. The van der Waals surface area contributed by atoms with Crippen molar-refractivity contribution in [2.75, 3.05) is 0 Å². The lowest BCUT2D eigenvalue weighted by molar-refractivity contribution is 0.337. The summed E-state index contributed by atoms with van der Waals surface area (Å²) in [6.45, 7) is 4.14. The third kappa shape index (κ3) is 3.01. The van der Waals surface area contributed by atoms with Crippen molar-refractivity contribution in [2.24, 2.45) is 5.92 Å². The molecule has 1 aliphatic rings. The average Bonchev–Trinajstić information content (AvgIpc) is 2.91. The van der Waals surface area contributed by atoms with E-state index >= 15 is 0 Å². The Hall–Kier alpha value is -1.65. The van der Waals surface area contributed by atoms with E-state index in [4.69, 9.17) is 0 Å². The number of aryl methyl sites for hydroxylation is 1. The van der Waals surface area contributed by atoms with Crippen molar-refractivity contribution in [2.45, 2.75) is 64.7 Å². The van der Waals surface area contributed by atoms with Gasteiger partial charge in [0.25, 0.3) is 5.56 Å². The Bertz CT molecular complexity index is 664. The first-order chi connectivity index (χ1) is 10.1. The van der Waals surface area contributed by atoms with Crippen LogP contribution in [0.15, 0.2) is 4.79 Å². The van der Waals surface area contributed by atoms with Crippen molar-refractivity contribution in [1.29, 1.82) is 0 Å². The van der Waals surface area contributed by atoms with Gasteiger partial charge in [-0.2, -0.15) is 5.10 Å². The number of rotatable bonds is 4. The lowest BCUT2D eigenvalue weighted by Crippen LogP contribution is -2.14. The van der Waals surface area contributed by atoms with Gasteiger partial charge in [-0.1, -0.05) is 46.0 Å². The first-order valence-electron chi connectivity index (χ1n) is 8.12. The summed E-state index contributed by atoms with van der Waals surface area (Å²) in [5.74, 6) is 1.87. The molecule has 2 aromatic rings. The first-order valence-corrected chi connectivity index (χ1v) is 8.12. The maximum Gasteiger partial charge on any atom is 0.276 e. The van der Waals surface area contributed by atoms with Gasteiger partial charge in [-0.05, 0) is 18.3 Å². The van der Waals surface area contributed by atoms with Gasteiger partial charge in [0.2, 0.25) is 0 Å². The SMILES string of the molecule is CC(C)c1n[nH]c2c(=O)[nH]c(CCC3CCCCC3)nc12. The highest BCUT2D eigenvalue weighted by atomic mass is 16.1. The van der Waals surface area contributed by atoms with E-state index in [0.717, 1.165) is 35.8 Å². The fourth-order valence-corrected chi connectivity index (χ4v) is 3.32. The molecule has 0 spiro atoms. The van der Waals surface area contributed by atoms with E-state index in [1.54, 1.807) is 0 Å². The zero-order valence-corrected chi connectivity index (χ0v) is 12.9. The largest absolute Gasteiger partial charge is 0.309 e. The van der Waals surface area contributed by atoms with E-state index in [2.05, 4.69) is 34.0 Å². The van der Waals surface area contributed by atoms with Crippen LogP contribution >= 0.6 is 0 Å². The minimum Gasteiger partial charge on any atom is -0.309 e. The monoisotopic (exact) mass is 288 g/mol. The molecule has 0 amide bonds. The maximum absolute atomic E-state index is 12.1. The molecule has 5 heteroatoms. The van der Waals surface area contributed by atoms with Gasteiger partial charge in [-0.15, -0.1) is 0 Å². The van der Waals surface area contributed by atoms with Gasteiger partial charge in [0.1, 0.15) is 16.9 Å². The molecule has 5 nitrogen and oxygen atoms in total. The van der Waals surface area contributed by atoms with E-state index in [1.807, 2.05) is 0 Å². The van der Waals surface area contributed by atoms with Gasteiger partial charge in [0.15, 0.2) is 0 Å². The summed E-state index contributed by atoms with van der Waals surface area (Å²) in [7, 11) is 0. The lowest BCUT2D eigenvalue weighted by atomic mass is 9.86. The molecule has 0 saturated heterocycles. The standard InChI is InChI=1S/C16H24N4O/c1-10(2)13-14-15(20-19-13)16(21)18-12(17-14)9-8-11-6-4-3-5-7-11/h10-11H,3-9H2,1-2H3,(H,19,20)(H,17,18,21). The normalized spacial score (nSPS) is 16.9. The molecule has 114 valence electrons. The van der Waals surface area contributed by atoms with E-state index in [1.165, 1.54) is 32.1 Å². The second-order valence-electron chi connectivity index (χ2n) is 6.54. The van der Waals surface area contributed by atoms with Crippen LogP contribution in [0.25, 0.3) is 11.0 Å². The quantitative estimate of drug-likeness (QED) is 0.906. The van der Waals surface area contributed by atoms with Crippen molar-refractivity contribution in [3.05, 3.63) is 21.9 Å². The third-order valence-corrected chi connectivity index (χ3v) is 4.56. The lowest BCUT2D eigenvalue weighted by Gasteiger charge is -2.20. The molecule has 0 radical (unpaired) electrons. The van der Waals surface area contributed by atoms with Gasteiger partial charge >= 0.3 is 0 Å². The Balaban J connectivity index is 1.81. The molecule has 1 saturated carbocycles. The molecule has 1 aliphatic carbocycles. The third-order valence-electron chi connectivity index (χ3n) is 4.56. The molecule has 0 bridgehead atoms. The molecule has 1 fully saturated rings. The van der Waals surface area contributed by atoms with E-state index < -0.39 is 0 Å². The first kappa shape index (κ1) is 14.3. The molecule has 2 heterocycles. The summed E-state index contributed by atoms with van der Waals surface area (Å²) >= 11 is 0. The maximum atomic E-state index is 12.1. The Kier molecular flexibility index (Phi) is 4.08. The van der Waals surface area contributed by atoms with Crippen LogP contribution in [0.4, 0.5) is 0 Å². The van der Waals surface area contributed by atoms with E-state index in [0.29, 0.717) is 5.52 Å². The summed E-state index contributed by atoms with van der Waals surface area (Å²) in [6, 6.07) is 0. The smallest absolute Gasteiger partial charge is 0.276 e. The van der Waals surface area contributed by atoms with Crippen molar-refractivity contribution in [3.63, 3.8) is 0 Å². The van der Waals surface area contributed by atoms with Crippen LogP contribution < -0.4 is 5.56 Å². The number of aromatic amines is 2. The van der Waals surface area contributed by atoms with Crippen LogP contribution in [0.1, 0.15) is 69.8 Å². The van der Waals surface area contributed by atoms with Crippen LogP contribution in [0, 0.1) is 5.92 Å². The van der Waals surface area contributed by atoms with Crippen molar-refractivity contribution in [1.82, 2.24) is 20.2 Å². The van der Waals surface area contributed by atoms with Gasteiger partial charge in [0, 0.05) is 6.42 Å². The highest BCUT2D eigenvalue weighted by Gasteiger charge is 2.17. The zero-order chi connectivity index (χ0) is 14.8. The Morgan fingerprint density at radius 2 is 2.00 bits per heavy atom. The number of hydrogen-bond acceptors (Lipinski definition) is 3. The Labute approximate surface area is 124 Å². The molecular formula is C16H24N4O. The molecule has 0 aromatic carbocycles. The van der Waals surface area contributed by atoms with E-state index in [-0.39, 0.29) is 11.5 Å². The predicted octanol–water partition coefficient (Wildman–Crippen LogP) is 3.28. The Morgan fingerprint density at radius 3 is 2.71 bits per heavy atom. The second kappa shape index (κ2) is 6.00. The van der Waals surface area contributed by atoms with Crippen LogP contribution in [-0.4, -0.2) is 20.2 Å². The molecule has 2 aromatic heterocycles. The molecule has 0 unspecified atom stereocenters. The number of fused-ring (bicyclic) bond motifs is 1. The van der Waals surface area contributed by atoms with Crippen molar-refractivity contribution < 1.29 is 0 Å². The van der Waals surface area contributed by atoms with Gasteiger partial charge < -0.3 is 4.98 Å². The summed E-state index contributed by atoms with van der Waals surface area (Å²) in [4.78, 5) is 19.7. The number of nitrogens with zero attached hydrogens (tertiary/aromatic N) is 2. The molecule has 3 rings (SSSR count). The fraction of sp³-hybridized carbons (Fsp3) is 0.688. The minimum absolute atomic E-state index is 0.0990. The summed E-state index contributed by atoms with van der Waals surface area (Å²) < 4.78 is 0. The van der Waals surface area contributed by atoms with Crippen molar-refractivity contribution >= 4 is 11.0 Å². The summed E-state index contributed by atoms with van der Waals surface area (Å²) in [5, 5.41) is 7.05. The fourth-order valence-electron chi connectivity index (χ4n) is 3.32. The van der Waals surface area contributed by atoms with Gasteiger partial charge in [0.05, 0.1) is 5.69 Å². The second-order valence-corrected chi connectivity index (χ2v) is 6.54. The number of hydrogen-bond donors (Lipinski definition) is 2. The summed E-state index contributed by atoms with van der Waals surface area (Å²) in [5.41, 5.74) is 2.03. The highest BCUT2D eigenvalue weighted by Crippen LogP contribution is 2.27. The highest BCUT2D eigenvalue weighted by molar-refractivity contribution is 5.76. The van der Waals surface area contributed by atoms with Gasteiger partial charge in [-0.3, -0.25) is 9.89 Å². The topological polar surface area (TPSA) is 74.4 Å². The number of nitrogens with one attached hydrogen (secondary N) is 2. The molecule has 0 aliphatic heterocycles. The Morgan fingerprint density at radius 1 is 1.24 bits per heavy atom.